The average molecular weight is 346 g/mol. The minimum Gasteiger partial charge on any atom is -0.493 e. The summed E-state index contributed by atoms with van der Waals surface area (Å²) in [6.07, 6.45) is 3.09. The van der Waals surface area contributed by atoms with Crippen LogP contribution >= 0.6 is 11.3 Å². The van der Waals surface area contributed by atoms with Gasteiger partial charge in [0.25, 0.3) is 5.91 Å². The Morgan fingerprint density at radius 1 is 1.46 bits per heavy atom. The van der Waals surface area contributed by atoms with Gasteiger partial charge in [-0.3, -0.25) is 4.79 Å². The number of amides is 1. The first-order valence-corrected chi connectivity index (χ1v) is 9.03. The van der Waals surface area contributed by atoms with Crippen LogP contribution in [-0.4, -0.2) is 35.3 Å². The Morgan fingerprint density at radius 3 is 3.04 bits per heavy atom. The number of fused-ring (bicyclic) bond motifs is 1. The molecule has 1 amide bonds. The first kappa shape index (κ1) is 16.9. The molecule has 128 valence electrons. The van der Waals surface area contributed by atoms with E-state index in [-0.39, 0.29) is 24.5 Å². The highest BCUT2D eigenvalue weighted by Gasteiger charge is 2.19. The van der Waals surface area contributed by atoms with Crippen LogP contribution in [0.2, 0.25) is 0 Å². The number of nitrogens with one attached hydrogen (secondary N) is 1. The summed E-state index contributed by atoms with van der Waals surface area (Å²) in [4.78, 5) is 17.4. The van der Waals surface area contributed by atoms with Crippen LogP contribution in [0.4, 0.5) is 0 Å². The molecule has 24 heavy (non-hydrogen) atoms. The van der Waals surface area contributed by atoms with Gasteiger partial charge in [-0.25, -0.2) is 4.98 Å². The molecule has 2 heterocycles. The Kier molecular flexibility index (Phi) is 5.16. The maximum atomic E-state index is 12.4. The van der Waals surface area contributed by atoms with Crippen LogP contribution in [-0.2, 0) is 6.42 Å². The molecular formula is C18H22N2O3S. The van der Waals surface area contributed by atoms with E-state index in [4.69, 9.17) is 9.84 Å². The summed E-state index contributed by atoms with van der Waals surface area (Å²) in [5.74, 6) is 1.08. The first-order chi connectivity index (χ1) is 11.6. The van der Waals surface area contributed by atoms with E-state index in [0.29, 0.717) is 11.3 Å². The van der Waals surface area contributed by atoms with Crippen LogP contribution in [0, 0.1) is 5.92 Å². The van der Waals surface area contributed by atoms with Crippen molar-refractivity contribution in [3.63, 3.8) is 0 Å². The maximum Gasteiger partial charge on any atom is 0.263 e. The van der Waals surface area contributed by atoms with Gasteiger partial charge in [0.1, 0.15) is 15.6 Å². The van der Waals surface area contributed by atoms with Gasteiger partial charge in [0.15, 0.2) is 0 Å². The number of hydrogen-bond donors (Lipinski definition) is 2. The summed E-state index contributed by atoms with van der Waals surface area (Å²) in [5.41, 5.74) is 2.20. The van der Waals surface area contributed by atoms with E-state index in [1.54, 1.807) is 6.20 Å². The molecule has 0 radical (unpaired) electrons. The van der Waals surface area contributed by atoms with Gasteiger partial charge >= 0.3 is 0 Å². The second-order valence-electron chi connectivity index (χ2n) is 6.29. The number of carbonyl (C=O) groups is 1. The first-order valence-electron chi connectivity index (χ1n) is 8.22. The van der Waals surface area contributed by atoms with Crippen molar-refractivity contribution in [2.45, 2.75) is 32.7 Å². The van der Waals surface area contributed by atoms with Gasteiger partial charge < -0.3 is 15.2 Å². The molecule has 6 heteroatoms. The number of hydrogen-bond acceptors (Lipinski definition) is 5. The third-order valence-electron chi connectivity index (χ3n) is 4.23. The number of carbonyl (C=O) groups excluding carboxylic acids is 1. The molecule has 0 aliphatic carbocycles. The summed E-state index contributed by atoms with van der Waals surface area (Å²) in [5, 5.41) is 13.0. The number of aromatic nitrogens is 1. The number of benzene rings is 1. The van der Waals surface area contributed by atoms with Crippen LogP contribution < -0.4 is 10.1 Å². The number of ether oxygens (including phenoxy) is 1. The fourth-order valence-electron chi connectivity index (χ4n) is 2.78. The lowest BCUT2D eigenvalue weighted by Crippen LogP contribution is -2.38. The molecule has 2 N–H and O–H groups in total. The Hall–Kier alpha value is -1.92. The minimum absolute atomic E-state index is 0.0369. The fraction of sp³-hybridized carbons (Fsp3) is 0.444. The zero-order valence-corrected chi connectivity index (χ0v) is 14.7. The highest BCUT2D eigenvalue weighted by atomic mass is 32.1. The standard InChI is InChI=1S/C18H22N2O3S/c1-11(2)14(5-7-21)20-17(22)16-10-19-18(24-16)13-3-4-15-12(9-13)6-8-23-15/h3-4,9-11,14,21H,5-8H2,1-2H3,(H,20,22). The van der Waals surface area contributed by atoms with Gasteiger partial charge in [-0.05, 0) is 36.1 Å². The number of rotatable bonds is 6. The van der Waals surface area contributed by atoms with E-state index < -0.39 is 0 Å². The highest BCUT2D eigenvalue weighted by Crippen LogP contribution is 2.32. The van der Waals surface area contributed by atoms with Crippen molar-refractivity contribution in [1.29, 1.82) is 0 Å². The lowest BCUT2D eigenvalue weighted by molar-refractivity contribution is 0.0920. The Morgan fingerprint density at radius 2 is 2.29 bits per heavy atom. The van der Waals surface area contributed by atoms with Crippen LogP contribution in [0.5, 0.6) is 5.75 Å². The van der Waals surface area contributed by atoms with Crippen molar-refractivity contribution >= 4 is 17.2 Å². The Bertz CT molecular complexity index is 727. The monoisotopic (exact) mass is 346 g/mol. The molecule has 1 aliphatic rings. The van der Waals surface area contributed by atoms with Gasteiger partial charge in [0.2, 0.25) is 0 Å². The van der Waals surface area contributed by atoms with E-state index >= 15 is 0 Å². The molecule has 3 rings (SSSR count). The van der Waals surface area contributed by atoms with Crippen molar-refractivity contribution < 1.29 is 14.6 Å². The molecule has 0 bridgehead atoms. The fourth-order valence-corrected chi connectivity index (χ4v) is 3.60. The summed E-state index contributed by atoms with van der Waals surface area (Å²) in [6, 6.07) is 6.00. The Labute approximate surface area is 145 Å². The average Bonchev–Trinajstić information content (AvgIpc) is 3.22. The van der Waals surface area contributed by atoms with Gasteiger partial charge in [-0.15, -0.1) is 11.3 Å². The topological polar surface area (TPSA) is 71.5 Å². The number of aliphatic hydroxyl groups is 1. The van der Waals surface area contributed by atoms with E-state index in [1.165, 1.54) is 16.9 Å². The van der Waals surface area contributed by atoms with E-state index in [1.807, 2.05) is 26.0 Å². The van der Waals surface area contributed by atoms with Crippen molar-refractivity contribution in [3.8, 4) is 16.3 Å². The molecule has 0 saturated carbocycles. The Balaban J connectivity index is 1.74. The molecule has 0 saturated heterocycles. The second-order valence-corrected chi connectivity index (χ2v) is 7.32. The molecule has 0 fully saturated rings. The second kappa shape index (κ2) is 7.32. The largest absolute Gasteiger partial charge is 0.493 e. The van der Waals surface area contributed by atoms with Crippen molar-refractivity contribution in [3.05, 3.63) is 34.8 Å². The molecule has 1 atom stereocenters. The molecule has 1 unspecified atom stereocenters. The highest BCUT2D eigenvalue weighted by molar-refractivity contribution is 7.16. The zero-order chi connectivity index (χ0) is 17.1. The maximum absolute atomic E-state index is 12.4. The third-order valence-corrected chi connectivity index (χ3v) is 5.27. The van der Waals surface area contributed by atoms with Gasteiger partial charge in [-0.1, -0.05) is 13.8 Å². The van der Waals surface area contributed by atoms with Crippen LogP contribution in [0.1, 0.15) is 35.5 Å². The van der Waals surface area contributed by atoms with Crippen molar-refractivity contribution in [1.82, 2.24) is 10.3 Å². The van der Waals surface area contributed by atoms with E-state index in [2.05, 4.69) is 16.4 Å². The van der Waals surface area contributed by atoms with Crippen molar-refractivity contribution in [2.24, 2.45) is 5.92 Å². The van der Waals surface area contributed by atoms with E-state index in [0.717, 1.165) is 29.3 Å². The van der Waals surface area contributed by atoms with Gasteiger partial charge in [0.05, 0.1) is 12.8 Å². The molecule has 5 nitrogen and oxygen atoms in total. The predicted octanol–water partition coefficient (Wildman–Crippen LogP) is 2.88. The molecule has 1 aromatic heterocycles. The van der Waals surface area contributed by atoms with Crippen LogP contribution in [0.15, 0.2) is 24.4 Å². The predicted molar refractivity (Wildman–Crippen MR) is 94.5 cm³/mol. The SMILES string of the molecule is CC(C)C(CCO)NC(=O)c1cnc(-c2ccc3c(c2)CCO3)s1. The van der Waals surface area contributed by atoms with Gasteiger partial charge in [-0.2, -0.15) is 0 Å². The molecule has 1 aliphatic heterocycles. The minimum atomic E-state index is -0.129. The summed E-state index contributed by atoms with van der Waals surface area (Å²) < 4.78 is 5.52. The summed E-state index contributed by atoms with van der Waals surface area (Å²) in [6.45, 7) is 4.86. The van der Waals surface area contributed by atoms with Crippen LogP contribution in [0.25, 0.3) is 10.6 Å². The normalized spacial score (nSPS) is 14.3. The lowest BCUT2D eigenvalue weighted by Gasteiger charge is -2.20. The number of aliphatic hydroxyl groups excluding tert-OH is 1. The molecular weight excluding hydrogens is 324 g/mol. The van der Waals surface area contributed by atoms with Crippen molar-refractivity contribution in [2.75, 3.05) is 13.2 Å². The molecule has 0 spiro atoms. The quantitative estimate of drug-likeness (QED) is 0.844. The van der Waals surface area contributed by atoms with Gasteiger partial charge in [0, 0.05) is 24.6 Å². The number of nitrogens with zero attached hydrogens (tertiary/aromatic N) is 1. The smallest absolute Gasteiger partial charge is 0.263 e. The summed E-state index contributed by atoms with van der Waals surface area (Å²) in [7, 11) is 0. The summed E-state index contributed by atoms with van der Waals surface area (Å²) >= 11 is 1.38. The molecule has 2 aromatic rings. The third kappa shape index (κ3) is 3.60. The number of thiazole rings is 1. The lowest BCUT2D eigenvalue weighted by atomic mass is 10.0. The van der Waals surface area contributed by atoms with E-state index in [9.17, 15) is 4.79 Å². The zero-order valence-electron chi connectivity index (χ0n) is 13.9. The van der Waals surface area contributed by atoms with Crippen LogP contribution in [0.3, 0.4) is 0 Å². The molecule has 1 aromatic carbocycles.